The summed E-state index contributed by atoms with van der Waals surface area (Å²) < 4.78 is 56.7. The fraction of sp³-hybridized carbons (Fsp3) is 0.966. The van der Waals surface area contributed by atoms with Crippen LogP contribution in [0.1, 0.15) is 33.1 Å². The summed E-state index contributed by atoms with van der Waals surface area (Å²) in [7, 11) is 4.91. The number of hydrogen-bond donors (Lipinski definition) is 2. The van der Waals surface area contributed by atoms with Crippen molar-refractivity contribution < 1.29 is 67.1 Å². The van der Waals surface area contributed by atoms with E-state index in [9.17, 15) is 4.79 Å². The van der Waals surface area contributed by atoms with E-state index in [1.807, 2.05) is 13.8 Å². The fourth-order valence-corrected chi connectivity index (χ4v) is 2.95. The van der Waals surface area contributed by atoms with Gasteiger partial charge in [-0.15, -0.1) is 0 Å². The van der Waals surface area contributed by atoms with Gasteiger partial charge in [-0.05, 0) is 26.7 Å². The lowest BCUT2D eigenvalue weighted by Crippen LogP contribution is -2.22. The number of methoxy groups -OCH3 is 3. The molecule has 2 atom stereocenters. The lowest BCUT2D eigenvalue weighted by molar-refractivity contribution is -0.140. The van der Waals surface area contributed by atoms with Gasteiger partial charge in [-0.25, -0.2) is 0 Å². The first-order valence-electron chi connectivity index (χ1n) is 14.8. The molecule has 0 bridgehead atoms. The van der Waals surface area contributed by atoms with E-state index in [2.05, 4.69) is 0 Å². The van der Waals surface area contributed by atoms with Crippen LogP contribution in [0.5, 0.6) is 0 Å². The Bertz CT molecular complexity index is 541. The van der Waals surface area contributed by atoms with Gasteiger partial charge in [-0.1, -0.05) is 0 Å². The zero-order valence-corrected chi connectivity index (χ0v) is 27.2. The summed E-state index contributed by atoms with van der Waals surface area (Å²) >= 11 is 0. The summed E-state index contributed by atoms with van der Waals surface area (Å²) in [5.41, 5.74) is 0. The van der Waals surface area contributed by atoms with E-state index in [4.69, 9.17) is 62.3 Å². The summed E-state index contributed by atoms with van der Waals surface area (Å²) in [5, 5.41) is 17.4. The highest BCUT2D eigenvalue weighted by Crippen LogP contribution is 2.23. The van der Waals surface area contributed by atoms with E-state index in [0.29, 0.717) is 119 Å². The number of carbonyl (C=O) groups is 1. The molecule has 0 spiro atoms. The molecule has 1 rings (SSSR count). The average Bonchev–Trinajstić information content (AvgIpc) is 3.35. The van der Waals surface area contributed by atoms with Gasteiger partial charge in [-0.2, -0.15) is 0 Å². The van der Waals surface area contributed by atoms with E-state index in [1.54, 1.807) is 21.3 Å². The van der Waals surface area contributed by atoms with Crippen LogP contribution in [0, 0.1) is 0 Å². The molecule has 0 aromatic carbocycles. The number of rotatable bonds is 28. The normalized spacial score (nSPS) is 16.2. The molecule has 0 radical (unpaired) electrons. The molecule has 0 saturated carbocycles. The van der Waals surface area contributed by atoms with Crippen LogP contribution in [0.25, 0.3) is 0 Å². The summed E-state index contributed by atoms with van der Waals surface area (Å²) in [6.45, 7) is 12.8. The molecule has 0 amide bonds. The summed E-state index contributed by atoms with van der Waals surface area (Å²) in [5.74, 6) is -0.437. The Labute approximate surface area is 258 Å². The fourth-order valence-electron chi connectivity index (χ4n) is 2.95. The Hall–Kier alpha value is -0.850. The van der Waals surface area contributed by atoms with Gasteiger partial charge < -0.3 is 67.1 Å². The minimum atomic E-state index is -0.676. The quantitative estimate of drug-likeness (QED) is 0.0924. The first-order chi connectivity index (χ1) is 20.9. The van der Waals surface area contributed by atoms with Gasteiger partial charge in [0.25, 0.3) is 0 Å². The number of aliphatic hydroxyl groups is 2. The molecule has 1 aliphatic rings. The number of ether oxygens (including phenoxy) is 11. The molecule has 43 heavy (non-hydrogen) atoms. The lowest BCUT2D eigenvalue weighted by Gasteiger charge is -2.17. The molecule has 1 heterocycles. The highest BCUT2D eigenvalue weighted by Gasteiger charge is 2.32. The topological polar surface area (TPSA) is 159 Å². The van der Waals surface area contributed by atoms with Crippen LogP contribution < -0.4 is 0 Å². The first-order valence-corrected chi connectivity index (χ1v) is 14.8. The standard InChI is InChI=1S/C12H24O5.C9H20O5.C8H16O4/c1-12(2)16-10-11(17-12)4-5-14-8-9-15-7-6-13-3;1-12-4-5-14-7-6-13-3-2-9(11)8-10;1-10-5-6-12-8-7-11-4-2-3-9/h11H,4-10H2,1-3H3;9-11H,2-8H2,1H3;3H,2,4-8H2,1H3/t11-;;/m0../s1. The van der Waals surface area contributed by atoms with Crippen LogP contribution >= 0.6 is 0 Å². The van der Waals surface area contributed by atoms with Crippen LogP contribution in [0.4, 0.5) is 0 Å². The summed E-state index contributed by atoms with van der Waals surface area (Å²) in [6, 6.07) is 0. The molecule has 14 heteroatoms. The zero-order valence-electron chi connectivity index (χ0n) is 27.2. The largest absolute Gasteiger partial charge is 0.394 e. The molecule has 0 aromatic heterocycles. The third kappa shape index (κ3) is 37.2. The SMILES string of the molecule is COCCOCCOCCC(O)CO.COCCOCCOCCC=O.COCCOCCOCC[C@H]1COC(C)(C)O1. The molecule has 0 aromatic rings. The number of aldehydes is 1. The van der Waals surface area contributed by atoms with Crippen molar-refractivity contribution in [1.29, 1.82) is 0 Å². The molecule has 14 nitrogen and oxygen atoms in total. The highest BCUT2D eigenvalue weighted by atomic mass is 16.7. The van der Waals surface area contributed by atoms with Crippen molar-refractivity contribution in [2.24, 2.45) is 0 Å². The van der Waals surface area contributed by atoms with Gasteiger partial charge in [-0.3, -0.25) is 0 Å². The Balaban J connectivity index is 0. The van der Waals surface area contributed by atoms with E-state index < -0.39 is 11.9 Å². The maximum atomic E-state index is 9.85. The maximum absolute atomic E-state index is 9.85. The number of carbonyl (C=O) groups excluding carboxylic acids is 1. The average molecular weight is 633 g/mol. The van der Waals surface area contributed by atoms with Gasteiger partial charge >= 0.3 is 0 Å². The Morgan fingerprint density at radius 1 is 0.698 bits per heavy atom. The predicted octanol–water partition coefficient (Wildman–Crippen LogP) is 0.872. The highest BCUT2D eigenvalue weighted by molar-refractivity contribution is 5.49. The molecule has 2 N–H and O–H groups in total. The van der Waals surface area contributed by atoms with Gasteiger partial charge in [0.05, 0.1) is 111 Å². The third-order valence-corrected chi connectivity index (χ3v) is 5.25. The van der Waals surface area contributed by atoms with Crippen molar-refractivity contribution >= 4 is 6.29 Å². The minimum Gasteiger partial charge on any atom is -0.394 e. The van der Waals surface area contributed by atoms with E-state index in [-0.39, 0.29) is 12.7 Å². The molecular weight excluding hydrogens is 572 g/mol. The van der Waals surface area contributed by atoms with Gasteiger partial charge in [0.15, 0.2) is 5.79 Å². The zero-order chi connectivity index (χ0) is 32.3. The lowest BCUT2D eigenvalue weighted by atomic mass is 10.3. The molecular formula is C29H60O14. The molecule has 1 unspecified atom stereocenters. The van der Waals surface area contributed by atoms with Gasteiger partial charge in [0.2, 0.25) is 0 Å². The molecule has 260 valence electrons. The summed E-state index contributed by atoms with van der Waals surface area (Å²) in [4.78, 5) is 9.85. The van der Waals surface area contributed by atoms with Crippen LogP contribution in [-0.4, -0.2) is 168 Å². The summed E-state index contributed by atoms with van der Waals surface area (Å²) in [6.07, 6.45) is 2.09. The van der Waals surface area contributed by atoms with Crippen molar-refractivity contribution in [3.8, 4) is 0 Å². The van der Waals surface area contributed by atoms with Crippen LogP contribution in [-0.2, 0) is 56.9 Å². The molecule has 1 saturated heterocycles. The first kappa shape index (κ1) is 44.3. The second-order valence-electron chi connectivity index (χ2n) is 9.47. The van der Waals surface area contributed by atoms with Gasteiger partial charge in [0.1, 0.15) is 6.29 Å². The third-order valence-electron chi connectivity index (χ3n) is 5.25. The van der Waals surface area contributed by atoms with Gasteiger partial charge in [0, 0.05) is 41.0 Å². The van der Waals surface area contributed by atoms with Crippen molar-refractivity contribution in [3.63, 3.8) is 0 Å². The Morgan fingerprint density at radius 3 is 1.51 bits per heavy atom. The van der Waals surface area contributed by atoms with Crippen molar-refractivity contribution in [2.75, 3.05) is 134 Å². The predicted molar refractivity (Wildman–Crippen MR) is 158 cm³/mol. The Morgan fingerprint density at radius 2 is 1.12 bits per heavy atom. The maximum Gasteiger partial charge on any atom is 0.163 e. The smallest absolute Gasteiger partial charge is 0.163 e. The van der Waals surface area contributed by atoms with E-state index in [0.717, 1.165) is 12.7 Å². The number of aliphatic hydroxyl groups excluding tert-OH is 2. The van der Waals surface area contributed by atoms with Crippen molar-refractivity contribution in [1.82, 2.24) is 0 Å². The van der Waals surface area contributed by atoms with E-state index in [1.165, 1.54) is 0 Å². The number of hydrogen-bond acceptors (Lipinski definition) is 14. The second-order valence-corrected chi connectivity index (χ2v) is 9.47. The monoisotopic (exact) mass is 632 g/mol. The minimum absolute atomic E-state index is 0.152. The van der Waals surface area contributed by atoms with Crippen LogP contribution in [0.15, 0.2) is 0 Å². The molecule has 0 aliphatic carbocycles. The van der Waals surface area contributed by atoms with Crippen LogP contribution in [0.2, 0.25) is 0 Å². The Kier molecular flexibility index (Phi) is 36.7. The molecule has 1 fully saturated rings. The molecule has 1 aliphatic heterocycles. The van der Waals surface area contributed by atoms with Crippen LogP contribution in [0.3, 0.4) is 0 Å². The van der Waals surface area contributed by atoms with E-state index >= 15 is 0 Å². The van der Waals surface area contributed by atoms with Crippen molar-refractivity contribution in [3.05, 3.63) is 0 Å². The second kappa shape index (κ2) is 35.6. The van der Waals surface area contributed by atoms with Crippen molar-refractivity contribution in [2.45, 2.75) is 51.1 Å².